The van der Waals surface area contributed by atoms with Crippen LogP contribution in [0.25, 0.3) is 32.6 Å². The Morgan fingerprint density at radius 3 is 2.56 bits per heavy atom. The first-order chi connectivity index (χ1) is 8.83. The maximum Gasteiger partial charge on any atom is 0.0471 e. The molecule has 0 aliphatic carbocycles. The topological polar surface area (TPSA) is 15.8 Å². The van der Waals surface area contributed by atoms with Crippen LogP contribution in [0, 0.1) is 6.92 Å². The van der Waals surface area contributed by atoms with Crippen LogP contribution in [0.5, 0.6) is 0 Å². The molecule has 1 heteroatoms. The first kappa shape index (κ1) is 9.72. The van der Waals surface area contributed by atoms with Crippen molar-refractivity contribution in [3.8, 4) is 0 Å². The number of aromatic nitrogens is 1. The van der Waals surface area contributed by atoms with Gasteiger partial charge in [-0.05, 0) is 41.5 Å². The maximum absolute atomic E-state index is 3.49. The van der Waals surface area contributed by atoms with E-state index in [0.29, 0.717) is 0 Å². The molecule has 1 N–H and O–H groups in total. The van der Waals surface area contributed by atoms with E-state index in [1.165, 1.54) is 38.1 Å². The Hall–Kier alpha value is -2.28. The summed E-state index contributed by atoms with van der Waals surface area (Å²) in [5.41, 5.74) is 3.76. The lowest BCUT2D eigenvalue weighted by Crippen LogP contribution is -1.78. The van der Waals surface area contributed by atoms with Gasteiger partial charge in [-0.1, -0.05) is 36.4 Å². The van der Waals surface area contributed by atoms with Crippen LogP contribution in [0.4, 0.5) is 0 Å². The van der Waals surface area contributed by atoms with Gasteiger partial charge in [0.05, 0.1) is 0 Å². The van der Waals surface area contributed by atoms with E-state index < -0.39 is 0 Å². The van der Waals surface area contributed by atoms with E-state index in [2.05, 4.69) is 66.5 Å². The van der Waals surface area contributed by atoms with Crippen molar-refractivity contribution in [1.82, 2.24) is 4.98 Å². The highest BCUT2D eigenvalue weighted by atomic mass is 14.7. The third-order valence-electron chi connectivity index (χ3n) is 3.72. The van der Waals surface area contributed by atoms with Crippen LogP contribution >= 0.6 is 0 Å². The number of nitrogens with one attached hydrogen (secondary N) is 1. The molecule has 0 unspecified atom stereocenters. The second-order valence-electron chi connectivity index (χ2n) is 4.86. The number of hydrogen-bond donors (Lipinski definition) is 1. The molecule has 1 aromatic heterocycles. The lowest BCUT2D eigenvalue weighted by molar-refractivity contribution is 1.53. The second kappa shape index (κ2) is 3.36. The monoisotopic (exact) mass is 231 g/mol. The second-order valence-corrected chi connectivity index (χ2v) is 4.86. The number of hydrogen-bond acceptors (Lipinski definition) is 0. The molecule has 0 saturated heterocycles. The smallest absolute Gasteiger partial charge is 0.0471 e. The highest BCUT2D eigenvalue weighted by Crippen LogP contribution is 2.30. The predicted octanol–water partition coefficient (Wildman–Crippen LogP) is 4.78. The number of benzene rings is 3. The van der Waals surface area contributed by atoms with Crippen LogP contribution in [-0.4, -0.2) is 4.98 Å². The minimum atomic E-state index is 1.21. The predicted molar refractivity (Wildman–Crippen MR) is 78.0 cm³/mol. The van der Waals surface area contributed by atoms with Crippen LogP contribution in [0.15, 0.2) is 54.6 Å². The molecule has 1 nitrogen and oxygen atoms in total. The van der Waals surface area contributed by atoms with Crippen molar-refractivity contribution < 1.29 is 0 Å². The number of rotatable bonds is 0. The summed E-state index contributed by atoms with van der Waals surface area (Å²) in [6.45, 7) is 2.17. The van der Waals surface area contributed by atoms with Gasteiger partial charge in [-0.3, -0.25) is 0 Å². The van der Waals surface area contributed by atoms with Gasteiger partial charge in [0.15, 0.2) is 0 Å². The van der Waals surface area contributed by atoms with E-state index in [9.17, 15) is 0 Å². The lowest BCUT2D eigenvalue weighted by Gasteiger charge is -2.02. The van der Waals surface area contributed by atoms with Crippen molar-refractivity contribution in [2.45, 2.75) is 6.92 Å². The van der Waals surface area contributed by atoms with E-state index in [4.69, 9.17) is 0 Å². The summed E-state index contributed by atoms with van der Waals surface area (Å²) in [6, 6.07) is 19.5. The number of aromatic amines is 1. The quantitative estimate of drug-likeness (QED) is 0.448. The molecular formula is C17H13N. The Morgan fingerprint density at radius 1 is 0.722 bits per heavy atom. The summed E-state index contributed by atoms with van der Waals surface area (Å²) in [7, 11) is 0. The first-order valence-corrected chi connectivity index (χ1v) is 6.23. The van der Waals surface area contributed by atoms with Crippen molar-refractivity contribution in [3.05, 3.63) is 60.2 Å². The molecule has 0 saturated carbocycles. The van der Waals surface area contributed by atoms with Gasteiger partial charge in [0.25, 0.3) is 0 Å². The largest absolute Gasteiger partial charge is 0.354 e. The van der Waals surface area contributed by atoms with Crippen LogP contribution < -0.4 is 0 Å². The van der Waals surface area contributed by atoms with Gasteiger partial charge in [-0.15, -0.1) is 0 Å². The van der Waals surface area contributed by atoms with Crippen LogP contribution in [0.1, 0.15) is 5.56 Å². The Bertz CT molecular complexity index is 884. The highest BCUT2D eigenvalue weighted by Gasteiger charge is 2.05. The molecule has 4 aromatic rings. The molecule has 0 amide bonds. The SMILES string of the molecule is Cc1cccc2cc3[nH]c4ccccc4c3cc12. The fraction of sp³-hybridized carbons (Fsp3) is 0.0588. The summed E-state index contributed by atoms with van der Waals surface area (Å²) in [4.78, 5) is 3.49. The van der Waals surface area contributed by atoms with Crippen molar-refractivity contribution >= 4 is 32.6 Å². The summed E-state index contributed by atoms with van der Waals surface area (Å²) in [6.07, 6.45) is 0. The molecule has 0 radical (unpaired) electrons. The summed E-state index contributed by atoms with van der Waals surface area (Å²) in [5.74, 6) is 0. The summed E-state index contributed by atoms with van der Waals surface area (Å²) >= 11 is 0. The Labute approximate surface area is 105 Å². The third kappa shape index (κ3) is 1.22. The molecule has 0 spiro atoms. The van der Waals surface area contributed by atoms with Crippen LogP contribution in [0.3, 0.4) is 0 Å². The Morgan fingerprint density at radius 2 is 1.61 bits per heavy atom. The lowest BCUT2D eigenvalue weighted by atomic mass is 10.0. The van der Waals surface area contributed by atoms with Gasteiger partial charge >= 0.3 is 0 Å². The Kier molecular flexibility index (Phi) is 1.81. The molecule has 3 aromatic carbocycles. The fourth-order valence-electron chi connectivity index (χ4n) is 2.78. The van der Waals surface area contributed by atoms with E-state index in [-0.39, 0.29) is 0 Å². The fourth-order valence-corrected chi connectivity index (χ4v) is 2.78. The zero-order valence-corrected chi connectivity index (χ0v) is 10.2. The zero-order chi connectivity index (χ0) is 12.1. The normalized spacial score (nSPS) is 11.6. The van der Waals surface area contributed by atoms with Crippen molar-refractivity contribution in [1.29, 1.82) is 0 Å². The van der Waals surface area contributed by atoms with Gasteiger partial charge in [-0.25, -0.2) is 0 Å². The molecule has 1 heterocycles. The van der Waals surface area contributed by atoms with Gasteiger partial charge in [-0.2, -0.15) is 0 Å². The maximum atomic E-state index is 3.49. The average Bonchev–Trinajstić information content (AvgIpc) is 2.75. The summed E-state index contributed by atoms with van der Waals surface area (Å²) in [5, 5.41) is 5.26. The summed E-state index contributed by atoms with van der Waals surface area (Å²) < 4.78 is 0. The third-order valence-corrected chi connectivity index (χ3v) is 3.72. The van der Waals surface area contributed by atoms with E-state index in [1.807, 2.05) is 0 Å². The van der Waals surface area contributed by atoms with Crippen molar-refractivity contribution in [2.24, 2.45) is 0 Å². The number of para-hydroxylation sites is 1. The average molecular weight is 231 g/mol. The van der Waals surface area contributed by atoms with E-state index in [0.717, 1.165) is 0 Å². The molecular weight excluding hydrogens is 218 g/mol. The van der Waals surface area contributed by atoms with Gasteiger partial charge in [0.2, 0.25) is 0 Å². The van der Waals surface area contributed by atoms with Crippen LogP contribution in [0.2, 0.25) is 0 Å². The highest BCUT2D eigenvalue weighted by molar-refractivity contribution is 6.12. The molecule has 0 aliphatic rings. The zero-order valence-electron chi connectivity index (χ0n) is 10.2. The molecule has 0 fully saturated rings. The number of fused-ring (bicyclic) bond motifs is 4. The van der Waals surface area contributed by atoms with E-state index >= 15 is 0 Å². The number of aryl methyl sites for hydroxylation is 1. The van der Waals surface area contributed by atoms with Gasteiger partial charge < -0.3 is 4.98 Å². The van der Waals surface area contributed by atoms with Gasteiger partial charge in [0.1, 0.15) is 0 Å². The minimum absolute atomic E-state index is 1.21. The first-order valence-electron chi connectivity index (χ1n) is 6.23. The molecule has 4 rings (SSSR count). The minimum Gasteiger partial charge on any atom is -0.354 e. The molecule has 0 aliphatic heterocycles. The van der Waals surface area contributed by atoms with Crippen LogP contribution in [-0.2, 0) is 0 Å². The molecule has 86 valence electrons. The molecule has 0 atom stereocenters. The van der Waals surface area contributed by atoms with E-state index in [1.54, 1.807) is 0 Å². The van der Waals surface area contributed by atoms with Crippen molar-refractivity contribution in [3.63, 3.8) is 0 Å². The number of H-pyrrole nitrogens is 1. The standard InChI is InChI=1S/C17H13N/c1-11-5-4-6-12-9-17-15(10-14(11)12)13-7-2-3-8-16(13)18-17/h2-10,18H,1H3. The molecule has 0 bridgehead atoms. The molecule has 18 heavy (non-hydrogen) atoms. The van der Waals surface area contributed by atoms with Crippen molar-refractivity contribution in [2.75, 3.05) is 0 Å². The van der Waals surface area contributed by atoms with Gasteiger partial charge in [0, 0.05) is 21.8 Å². The Balaban J connectivity index is 2.28.